The molecule has 0 aromatic carbocycles. The largest absolute Gasteiger partial charge is 0.375 e. The zero-order chi connectivity index (χ0) is 14.2. The molecule has 0 unspecified atom stereocenters. The number of hydrogen-bond acceptors (Lipinski definition) is 4. The van der Waals surface area contributed by atoms with E-state index in [1.54, 1.807) is 0 Å². The van der Waals surface area contributed by atoms with Gasteiger partial charge in [0.2, 0.25) is 0 Å². The highest BCUT2D eigenvalue weighted by molar-refractivity contribution is 4.90. The molecule has 2 heterocycles. The van der Waals surface area contributed by atoms with Crippen LogP contribution in [0.1, 0.15) is 58.3 Å². The second-order valence-electron chi connectivity index (χ2n) is 6.07. The minimum Gasteiger partial charge on any atom is -0.375 e. The van der Waals surface area contributed by atoms with Gasteiger partial charge in [-0.2, -0.15) is 0 Å². The molecule has 20 heavy (non-hydrogen) atoms. The van der Waals surface area contributed by atoms with Crippen molar-refractivity contribution < 1.29 is 19.3 Å². The predicted octanol–water partition coefficient (Wildman–Crippen LogP) is 2.88. The van der Waals surface area contributed by atoms with Crippen LogP contribution in [-0.2, 0) is 14.2 Å². The van der Waals surface area contributed by atoms with Gasteiger partial charge < -0.3 is 19.3 Å². The van der Waals surface area contributed by atoms with Crippen LogP contribution < -0.4 is 0 Å². The van der Waals surface area contributed by atoms with E-state index in [9.17, 15) is 5.11 Å². The maximum absolute atomic E-state index is 9.54. The molecule has 2 rings (SSSR count). The first-order chi connectivity index (χ1) is 9.83. The molecular formula is C16H30O4. The van der Waals surface area contributed by atoms with E-state index in [2.05, 4.69) is 6.92 Å². The second-order valence-corrected chi connectivity index (χ2v) is 6.07. The van der Waals surface area contributed by atoms with Gasteiger partial charge in [0.25, 0.3) is 0 Å². The molecule has 4 heteroatoms. The van der Waals surface area contributed by atoms with Gasteiger partial charge in [0, 0.05) is 12.5 Å². The number of unbranched alkanes of at least 4 members (excludes halogenated alkanes) is 7. The third kappa shape index (κ3) is 4.69. The molecule has 2 aliphatic rings. The minimum atomic E-state index is -0.753. The van der Waals surface area contributed by atoms with Crippen molar-refractivity contribution in [2.24, 2.45) is 5.92 Å². The average molecular weight is 286 g/mol. The highest BCUT2D eigenvalue weighted by Crippen LogP contribution is 2.32. The molecule has 2 aliphatic heterocycles. The summed E-state index contributed by atoms with van der Waals surface area (Å²) in [7, 11) is 0. The van der Waals surface area contributed by atoms with Crippen LogP contribution in [0, 0.1) is 5.92 Å². The van der Waals surface area contributed by atoms with Crippen LogP contribution in [-0.4, -0.2) is 43.4 Å². The van der Waals surface area contributed by atoms with Crippen molar-refractivity contribution in [2.45, 2.75) is 76.8 Å². The Morgan fingerprint density at radius 3 is 2.40 bits per heavy atom. The monoisotopic (exact) mass is 286 g/mol. The third-order valence-electron chi connectivity index (χ3n) is 4.42. The molecule has 0 aromatic rings. The molecular weight excluding hydrogens is 256 g/mol. The number of aliphatic hydroxyl groups excluding tert-OH is 1. The summed E-state index contributed by atoms with van der Waals surface area (Å²) in [5.41, 5.74) is 0. The molecule has 118 valence electrons. The topological polar surface area (TPSA) is 47.9 Å². The Morgan fingerprint density at radius 2 is 1.65 bits per heavy atom. The highest BCUT2D eigenvalue weighted by atomic mass is 16.7. The van der Waals surface area contributed by atoms with E-state index in [4.69, 9.17) is 14.2 Å². The fourth-order valence-electron chi connectivity index (χ4n) is 3.11. The van der Waals surface area contributed by atoms with Gasteiger partial charge in [-0.15, -0.1) is 0 Å². The third-order valence-corrected chi connectivity index (χ3v) is 4.42. The summed E-state index contributed by atoms with van der Waals surface area (Å²) in [6.07, 6.45) is 9.72. The first-order valence-corrected chi connectivity index (χ1v) is 8.35. The molecule has 1 N–H and O–H groups in total. The molecule has 2 saturated heterocycles. The predicted molar refractivity (Wildman–Crippen MR) is 77.5 cm³/mol. The van der Waals surface area contributed by atoms with Crippen LogP contribution in [0.3, 0.4) is 0 Å². The SMILES string of the molecule is CCCCCCCCCCO[C@H]1CO[C@H]2[C@@H]1CO[C@@H]2O. The lowest BCUT2D eigenvalue weighted by Gasteiger charge is -2.15. The van der Waals surface area contributed by atoms with Gasteiger partial charge >= 0.3 is 0 Å². The molecule has 0 saturated carbocycles. The van der Waals surface area contributed by atoms with Crippen molar-refractivity contribution in [1.82, 2.24) is 0 Å². The fourth-order valence-corrected chi connectivity index (χ4v) is 3.11. The molecule has 0 amide bonds. The maximum atomic E-state index is 9.54. The van der Waals surface area contributed by atoms with Gasteiger partial charge in [-0.05, 0) is 6.42 Å². The summed E-state index contributed by atoms with van der Waals surface area (Å²) in [5, 5.41) is 9.54. The first-order valence-electron chi connectivity index (χ1n) is 8.35. The van der Waals surface area contributed by atoms with Crippen LogP contribution >= 0.6 is 0 Å². The molecule has 0 aromatic heterocycles. The Morgan fingerprint density at radius 1 is 0.950 bits per heavy atom. The lowest BCUT2D eigenvalue weighted by Crippen LogP contribution is -2.28. The van der Waals surface area contributed by atoms with Crippen LogP contribution in [0.5, 0.6) is 0 Å². The van der Waals surface area contributed by atoms with Crippen molar-refractivity contribution in [1.29, 1.82) is 0 Å². The van der Waals surface area contributed by atoms with Crippen molar-refractivity contribution in [3.8, 4) is 0 Å². The molecule has 0 radical (unpaired) electrons. The van der Waals surface area contributed by atoms with E-state index < -0.39 is 6.29 Å². The van der Waals surface area contributed by atoms with E-state index in [0.717, 1.165) is 13.0 Å². The van der Waals surface area contributed by atoms with Gasteiger partial charge in [-0.3, -0.25) is 0 Å². The first kappa shape index (κ1) is 16.2. The van der Waals surface area contributed by atoms with Gasteiger partial charge in [0.15, 0.2) is 6.29 Å². The quantitative estimate of drug-likeness (QED) is 0.627. The standard InChI is InChI=1S/C16H30O4/c1-2-3-4-5-6-7-8-9-10-18-14-12-19-15-13(14)11-20-16(15)17/h13-17H,2-12H2,1H3/t13-,14+,15+,16+/m1/s1. The normalized spacial score (nSPS) is 32.7. The van der Waals surface area contributed by atoms with Crippen molar-refractivity contribution in [3.63, 3.8) is 0 Å². The average Bonchev–Trinajstić information content (AvgIpc) is 3.01. The number of fused-ring (bicyclic) bond motifs is 1. The molecule has 0 bridgehead atoms. The summed E-state index contributed by atoms with van der Waals surface area (Å²) in [4.78, 5) is 0. The molecule has 0 spiro atoms. The summed E-state index contributed by atoms with van der Waals surface area (Å²) >= 11 is 0. The number of rotatable bonds is 10. The van der Waals surface area contributed by atoms with Crippen molar-refractivity contribution >= 4 is 0 Å². The minimum absolute atomic E-state index is 0.113. The van der Waals surface area contributed by atoms with Gasteiger partial charge in [-0.25, -0.2) is 0 Å². The van der Waals surface area contributed by atoms with Crippen molar-refractivity contribution in [2.75, 3.05) is 19.8 Å². The maximum Gasteiger partial charge on any atom is 0.181 e. The Bertz CT molecular complexity index is 259. The van der Waals surface area contributed by atoms with E-state index in [-0.39, 0.29) is 18.1 Å². The van der Waals surface area contributed by atoms with Crippen LogP contribution in [0.15, 0.2) is 0 Å². The van der Waals surface area contributed by atoms with Crippen LogP contribution in [0.2, 0.25) is 0 Å². The smallest absolute Gasteiger partial charge is 0.181 e. The number of aliphatic hydroxyl groups is 1. The Kier molecular flexibility index (Phi) is 7.28. The molecule has 4 atom stereocenters. The number of hydrogen-bond donors (Lipinski definition) is 1. The Labute approximate surface area is 122 Å². The molecule has 4 nitrogen and oxygen atoms in total. The summed E-state index contributed by atoms with van der Waals surface area (Å²) in [6, 6.07) is 0. The van der Waals surface area contributed by atoms with Crippen LogP contribution in [0.25, 0.3) is 0 Å². The van der Waals surface area contributed by atoms with Crippen LogP contribution in [0.4, 0.5) is 0 Å². The highest BCUT2D eigenvalue weighted by Gasteiger charge is 2.47. The van der Waals surface area contributed by atoms with E-state index >= 15 is 0 Å². The summed E-state index contributed by atoms with van der Waals surface area (Å²) in [5.74, 6) is 0.221. The molecule has 2 fully saturated rings. The molecule has 0 aliphatic carbocycles. The fraction of sp³-hybridized carbons (Fsp3) is 1.00. The van der Waals surface area contributed by atoms with E-state index in [1.165, 1.54) is 44.9 Å². The zero-order valence-electron chi connectivity index (χ0n) is 12.8. The lowest BCUT2D eigenvalue weighted by molar-refractivity contribution is -0.125. The van der Waals surface area contributed by atoms with Crippen molar-refractivity contribution in [3.05, 3.63) is 0 Å². The van der Waals surface area contributed by atoms with Gasteiger partial charge in [0.1, 0.15) is 6.10 Å². The Balaban J connectivity index is 1.44. The summed E-state index contributed by atoms with van der Waals surface area (Å²) < 4.78 is 16.6. The van der Waals surface area contributed by atoms with E-state index in [1.807, 2.05) is 0 Å². The van der Waals surface area contributed by atoms with Gasteiger partial charge in [0.05, 0.1) is 19.3 Å². The summed E-state index contributed by atoms with van der Waals surface area (Å²) in [6.45, 7) is 4.23. The number of ether oxygens (including phenoxy) is 3. The zero-order valence-corrected chi connectivity index (χ0v) is 12.8. The Hall–Kier alpha value is -0.160. The van der Waals surface area contributed by atoms with E-state index in [0.29, 0.717) is 13.2 Å². The second kappa shape index (κ2) is 8.98. The van der Waals surface area contributed by atoms with Gasteiger partial charge in [-0.1, -0.05) is 51.9 Å². The lowest BCUT2D eigenvalue weighted by atomic mass is 10.0.